The number of nitrogens with one attached hydrogen (secondary N) is 1. The van der Waals surface area contributed by atoms with Crippen LogP contribution >= 0.6 is 12.6 Å². The highest BCUT2D eigenvalue weighted by atomic mass is 32.1. The van der Waals surface area contributed by atoms with Crippen molar-refractivity contribution in [1.82, 2.24) is 5.32 Å². The van der Waals surface area contributed by atoms with Crippen molar-refractivity contribution in [2.45, 2.75) is 24.2 Å². The van der Waals surface area contributed by atoms with Crippen LogP contribution in [-0.4, -0.2) is 29.5 Å². The molecule has 1 saturated heterocycles. The lowest BCUT2D eigenvalue weighted by Crippen LogP contribution is -2.28. The minimum absolute atomic E-state index is 0.132. The second-order valence-electron chi connectivity index (χ2n) is 2.48. The Bertz CT molecular complexity index is 79.1. The molecular formula is C6H13NOS. The maximum absolute atomic E-state index is 9.24. The Morgan fingerprint density at radius 1 is 1.56 bits per heavy atom. The Morgan fingerprint density at radius 2 is 2.33 bits per heavy atom. The van der Waals surface area contributed by atoms with Gasteiger partial charge in [-0.25, -0.2) is 0 Å². The fraction of sp³-hybridized carbons (Fsp3) is 1.00. The van der Waals surface area contributed by atoms with Crippen LogP contribution in [0.25, 0.3) is 0 Å². The van der Waals surface area contributed by atoms with Crippen molar-refractivity contribution in [2.24, 2.45) is 0 Å². The summed E-state index contributed by atoms with van der Waals surface area (Å²) in [5.74, 6) is 0. The molecule has 2 unspecified atom stereocenters. The van der Waals surface area contributed by atoms with Gasteiger partial charge in [0.25, 0.3) is 0 Å². The van der Waals surface area contributed by atoms with E-state index < -0.39 is 0 Å². The fourth-order valence-electron chi connectivity index (χ4n) is 1.01. The van der Waals surface area contributed by atoms with Crippen molar-refractivity contribution in [3.63, 3.8) is 0 Å². The van der Waals surface area contributed by atoms with E-state index in [0.29, 0.717) is 0 Å². The zero-order valence-electron chi connectivity index (χ0n) is 5.38. The molecule has 0 aromatic rings. The summed E-state index contributed by atoms with van der Waals surface area (Å²) in [7, 11) is 0. The van der Waals surface area contributed by atoms with Gasteiger partial charge in [-0.2, -0.15) is 12.6 Å². The molecule has 1 heterocycles. The third kappa shape index (κ3) is 2.16. The van der Waals surface area contributed by atoms with Crippen molar-refractivity contribution in [1.29, 1.82) is 0 Å². The van der Waals surface area contributed by atoms with Crippen LogP contribution in [-0.2, 0) is 0 Å². The molecule has 9 heavy (non-hydrogen) atoms. The number of rotatable bonds is 0. The largest absolute Gasteiger partial charge is 0.392 e. The van der Waals surface area contributed by atoms with Crippen molar-refractivity contribution < 1.29 is 5.11 Å². The summed E-state index contributed by atoms with van der Waals surface area (Å²) >= 11 is 4.21. The van der Waals surface area contributed by atoms with Gasteiger partial charge in [0, 0.05) is 11.8 Å². The van der Waals surface area contributed by atoms with Gasteiger partial charge in [0.2, 0.25) is 0 Å². The molecule has 54 valence electrons. The number of aliphatic hydroxyl groups excluding tert-OH is 1. The first-order valence-corrected chi connectivity index (χ1v) is 3.89. The summed E-state index contributed by atoms with van der Waals surface area (Å²) in [6.07, 6.45) is 1.75. The molecule has 2 nitrogen and oxygen atoms in total. The lowest BCUT2D eigenvalue weighted by Gasteiger charge is -2.12. The molecule has 1 aliphatic rings. The maximum atomic E-state index is 9.24. The molecule has 0 amide bonds. The summed E-state index contributed by atoms with van der Waals surface area (Å²) in [6, 6.07) is 0. The van der Waals surface area contributed by atoms with Gasteiger partial charge in [-0.05, 0) is 19.4 Å². The van der Waals surface area contributed by atoms with Crippen molar-refractivity contribution in [3.05, 3.63) is 0 Å². The summed E-state index contributed by atoms with van der Waals surface area (Å²) < 4.78 is 0. The highest BCUT2D eigenvalue weighted by molar-refractivity contribution is 7.81. The van der Waals surface area contributed by atoms with Gasteiger partial charge in [0.05, 0.1) is 6.10 Å². The molecule has 1 fully saturated rings. The molecule has 0 radical (unpaired) electrons. The molecule has 2 N–H and O–H groups in total. The molecule has 0 aromatic heterocycles. The third-order valence-corrected chi connectivity index (χ3v) is 2.18. The van der Waals surface area contributed by atoms with Crippen molar-refractivity contribution in [3.8, 4) is 0 Å². The topological polar surface area (TPSA) is 32.3 Å². The van der Waals surface area contributed by atoms with E-state index in [2.05, 4.69) is 17.9 Å². The SMILES string of the molecule is OC1CCCNCC1S. The standard InChI is InChI=1S/C6H13NOS/c8-5-2-1-3-7-4-6(5)9/h5-9H,1-4H2. The zero-order chi connectivity index (χ0) is 6.69. The first-order valence-electron chi connectivity index (χ1n) is 3.37. The fourth-order valence-corrected chi connectivity index (χ4v) is 1.29. The second kappa shape index (κ2) is 3.44. The van der Waals surface area contributed by atoms with Gasteiger partial charge in [0.15, 0.2) is 0 Å². The molecule has 1 rings (SSSR count). The van der Waals surface area contributed by atoms with E-state index in [1.807, 2.05) is 0 Å². The van der Waals surface area contributed by atoms with E-state index in [1.165, 1.54) is 0 Å². The Morgan fingerprint density at radius 3 is 3.11 bits per heavy atom. The highest BCUT2D eigenvalue weighted by Crippen LogP contribution is 2.09. The average molecular weight is 147 g/mol. The molecule has 1 aliphatic heterocycles. The zero-order valence-corrected chi connectivity index (χ0v) is 6.27. The summed E-state index contributed by atoms with van der Waals surface area (Å²) in [5, 5.41) is 12.6. The smallest absolute Gasteiger partial charge is 0.0669 e. The number of hydrogen-bond acceptors (Lipinski definition) is 3. The Labute approximate surface area is 61.1 Å². The Hall–Kier alpha value is 0.270. The van der Waals surface area contributed by atoms with E-state index in [4.69, 9.17) is 0 Å². The molecule has 0 aromatic carbocycles. The monoisotopic (exact) mass is 147 g/mol. The van der Waals surface area contributed by atoms with Gasteiger partial charge in [-0.3, -0.25) is 0 Å². The molecule has 2 atom stereocenters. The lowest BCUT2D eigenvalue weighted by atomic mass is 10.2. The highest BCUT2D eigenvalue weighted by Gasteiger charge is 2.16. The molecular weight excluding hydrogens is 134 g/mol. The van der Waals surface area contributed by atoms with E-state index in [-0.39, 0.29) is 11.4 Å². The molecule has 0 saturated carbocycles. The van der Waals surface area contributed by atoms with E-state index in [0.717, 1.165) is 25.9 Å². The maximum Gasteiger partial charge on any atom is 0.0669 e. The van der Waals surface area contributed by atoms with Gasteiger partial charge in [-0.1, -0.05) is 0 Å². The summed E-state index contributed by atoms with van der Waals surface area (Å²) in [4.78, 5) is 0. The van der Waals surface area contributed by atoms with Crippen molar-refractivity contribution in [2.75, 3.05) is 13.1 Å². The minimum Gasteiger partial charge on any atom is -0.392 e. The van der Waals surface area contributed by atoms with Crippen LogP contribution < -0.4 is 5.32 Å². The number of thiol groups is 1. The number of hydrogen-bond donors (Lipinski definition) is 3. The predicted molar refractivity (Wildman–Crippen MR) is 40.9 cm³/mol. The number of aliphatic hydroxyl groups is 1. The minimum atomic E-state index is -0.205. The van der Waals surface area contributed by atoms with E-state index in [9.17, 15) is 5.11 Å². The van der Waals surface area contributed by atoms with Crippen LogP contribution in [0.2, 0.25) is 0 Å². The van der Waals surface area contributed by atoms with Gasteiger partial charge in [0.1, 0.15) is 0 Å². The van der Waals surface area contributed by atoms with Crippen LogP contribution in [0.15, 0.2) is 0 Å². The van der Waals surface area contributed by atoms with Crippen LogP contribution in [0.4, 0.5) is 0 Å². The van der Waals surface area contributed by atoms with Gasteiger partial charge in [-0.15, -0.1) is 0 Å². The lowest BCUT2D eigenvalue weighted by molar-refractivity contribution is 0.167. The first kappa shape index (κ1) is 7.38. The average Bonchev–Trinajstić information content (AvgIpc) is 1.99. The van der Waals surface area contributed by atoms with Gasteiger partial charge >= 0.3 is 0 Å². The quantitative estimate of drug-likeness (QED) is 0.422. The van der Waals surface area contributed by atoms with E-state index in [1.54, 1.807) is 0 Å². The molecule has 0 spiro atoms. The van der Waals surface area contributed by atoms with Crippen LogP contribution in [0, 0.1) is 0 Å². The predicted octanol–water partition coefficient (Wildman–Crippen LogP) is 0.0291. The Balaban J connectivity index is 2.32. The van der Waals surface area contributed by atoms with Gasteiger partial charge < -0.3 is 10.4 Å². The summed E-state index contributed by atoms with van der Waals surface area (Å²) in [6.45, 7) is 1.86. The molecule has 0 aliphatic carbocycles. The third-order valence-electron chi connectivity index (χ3n) is 1.65. The van der Waals surface area contributed by atoms with Crippen molar-refractivity contribution >= 4 is 12.6 Å². The van der Waals surface area contributed by atoms with Crippen LogP contribution in [0.1, 0.15) is 12.8 Å². The second-order valence-corrected chi connectivity index (χ2v) is 3.14. The van der Waals surface area contributed by atoms with Crippen LogP contribution in [0.3, 0.4) is 0 Å². The Kier molecular flexibility index (Phi) is 2.82. The first-order chi connectivity index (χ1) is 4.30. The van der Waals surface area contributed by atoms with Crippen LogP contribution in [0.5, 0.6) is 0 Å². The normalized spacial score (nSPS) is 38.0. The van der Waals surface area contributed by atoms with E-state index >= 15 is 0 Å². The summed E-state index contributed by atoms with van der Waals surface area (Å²) in [5.41, 5.74) is 0. The molecule has 3 heteroatoms. The molecule has 0 bridgehead atoms.